The molecule has 0 amide bonds. The Labute approximate surface area is 207 Å². The smallest absolute Gasteiger partial charge is 0.191 e. The molecule has 1 aromatic rings. The maximum Gasteiger partial charge on any atom is 0.191 e. The van der Waals surface area contributed by atoms with E-state index >= 15 is 0 Å². The standard InChI is InChI=1S/C21H32Cl2N6.HI/c1-24-21(25-13-18-15-28-8-10-29(18)11-9-28)26-17-4-6-27(7-5-17)14-16-2-3-19(22)20(23)12-16;/h2-3,12,17-18H,4-11,13-15H2,1H3,(H2,24,25,26);1H. The van der Waals surface area contributed by atoms with Gasteiger partial charge >= 0.3 is 0 Å². The quantitative estimate of drug-likeness (QED) is 0.326. The lowest BCUT2D eigenvalue weighted by atomic mass is 10.0. The molecule has 1 unspecified atom stereocenters. The van der Waals surface area contributed by atoms with Crippen LogP contribution in [-0.4, -0.2) is 92.1 Å². The molecule has 4 aliphatic rings. The van der Waals surface area contributed by atoms with Crippen molar-refractivity contribution >= 4 is 53.1 Å². The van der Waals surface area contributed by atoms with Crippen LogP contribution in [0.2, 0.25) is 10.0 Å². The fourth-order valence-electron chi connectivity index (χ4n) is 4.65. The van der Waals surface area contributed by atoms with E-state index in [2.05, 4.69) is 36.4 Å². The van der Waals surface area contributed by atoms with Gasteiger partial charge in [-0.25, -0.2) is 0 Å². The first-order chi connectivity index (χ1) is 14.1. The van der Waals surface area contributed by atoms with Gasteiger partial charge in [-0.05, 0) is 30.5 Å². The third-order valence-corrected chi connectivity index (χ3v) is 7.18. The number of rotatable bonds is 5. The number of hydrogen-bond acceptors (Lipinski definition) is 4. The minimum Gasteiger partial charge on any atom is -0.355 e. The van der Waals surface area contributed by atoms with E-state index in [0.29, 0.717) is 22.1 Å². The van der Waals surface area contributed by atoms with Crippen LogP contribution < -0.4 is 10.6 Å². The van der Waals surface area contributed by atoms with Crippen molar-refractivity contribution in [1.82, 2.24) is 25.3 Å². The molecule has 0 aromatic heterocycles. The van der Waals surface area contributed by atoms with Gasteiger partial charge in [0.05, 0.1) is 10.0 Å². The molecule has 4 fully saturated rings. The van der Waals surface area contributed by atoms with Crippen LogP contribution in [0.1, 0.15) is 18.4 Å². The van der Waals surface area contributed by atoms with Gasteiger partial charge < -0.3 is 10.6 Å². The molecular weight excluding hydrogens is 534 g/mol. The van der Waals surface area contributed by atoms with Gasteiger partial charge in [-0.15, -0.1) is 24.0 Å². The Hall–Kier alpha value is -0.320. The fourth-order valence-corrected chi connectivity index (χ4v) is 4.97. The van der Waals surface area contributed by atoms with E-state index in [1.807, 2.05) is 19.2 Å². The molecule has 4 aliphatic heterocycles. The third-order valence-electron chi connectivity index (χ3n) is 6.44. The lowest BCUT2D eigenvalue weighted by molar-refractivity contribution is 0.0154. The number of nitrogens with zero attached hydrogens (tertiary/aromatic N) is 4. The summed E-state index contributed by atoms with van der Waals surface area (Å²) in [5.41, 5.74) is 1.22. The summed E-state index contributed by atoms with van der Waals surface area (Å²) in [5.74, 6) is 0.936. The second kappa shape index (κ2) is 11.5. The van der Waals surface area contributed by atoms with E-state index in [4.69, 9.17) is 23.2 Å². The summed E-state index contributed by atoms with van der Waals surface area (Å²) in [6, 6.07) is 7.00. The Balaban J connectivity index is 0.00000256. The van der Waals surface area contributed by atoms with Crippen molar-refractivity contribution in [2.75, 3.05) is 59.4 Å². The van der Waals surface area contributed by atoms with Crippen molar-refractivity contribution in [1.29, 1.82) is 0 Å². The van der Waals surface area contributed by atoms with Gasteiger partial charge in [0, 0.05) is 78.0 Å². The predicted molar refractivity (Wildman–Crippen MR) is 136 cm³/mol. The third kappa shape index (κ3) is 6.36. The summed E-state index contributed by atoms with van der Waals surface area (Å²) in [6.45, 7) is 10.1. The molecular formula is C21H33Cl2IN6. The van der Waals surface area contributed by atoms with E-state index in [-0.39, 0.29) is 24.0 Å². The van der Waals surface area contributed by atoms with Gasteiger partial charge in [0.2, 0.25) is 0 Å². The van der Waals surface area contributed by atoms with Gasteiger partial charge in [-0.1, -0.05) is 29.3 Å². The van der Waals surface area contributed by atoms with Crippen LogP contribution in [0.4, 0.5) is 0 Å². The van der Waals surface area contributed by atoms with Crippen LogP contribution in [0.15, 0.2) is 23.2 Å². The molecule has 0 aliphatic carbocycles. The summed E-state index contributed by atoms with van der Waals surface area (Å²) in [6.07, 6.45) is 2.23. The molecule has 2 bridgehead atoms. The van der Waals surface area contributed by atoms with Gasteiger partial charge in [0.15, 0.2) is 5.96 Å². The lowest BCUT2D eigenvalue weighted by Crippen LogP contribution is -2.64. The SMILES string of the molecule is CN=C(NCC1CN2CCN1CC2)NC1CCN(Cc2ccc(Cl)c(Cl)c2)CC1.I. The highest BCUT2D eigenvalue weighted by atomic mass is 127. The fraction of sp³-hybridized carbons (Fsp3) is 0.667. The normalized spacial score (nSPS) is 27.6. The lowest BCUT2D eigenvalue weighted by Gasteiger charge is -2.47. The Kier molecular flexibility index (Phi) is 9.34. The van der Waals surface area contributed by atoms with Crippen LogP contribution in [0, 0.1) is 0 Å². The first-order valence-electron chi connectivity index (χ1n) is 10.7. The maximum absolute atomic E-state index is 6.15. The number of hydrogen-bond donors (Lipinski definition) is 2. The summed E-state index contributed by atoms with van der Waals surface area (Å²) in [5, 5.41) is 8.45. The molecule has 5 rings (SSSR count). The maximum atomic E-state index is 6.15. The molecule has 1 aromatic carbocycles. The van der Waals surface area contributed by atoms with E-state index in [0.717, 1.165) is 45.0 Å². The average Bonchev–Trinajstić information content (AvgIpc) is 2.76. The van der Waals surface area contributed by atoms with Crippen LogP contribution in [0.3, 0.4) is 0 Å². The molecule has 4 saturated heterocycles. The minimum absolute atomic E-state index is 0. The first-order valence-corrected chi connectivity index (χ1v) is 11.5. The highest BCUT2D eigenvalue weighted by Gasteiger charge is 2.31. The Morgan fingerprint density at radius 2 is 1.80 bits per heavy atom. The summed E-state index contributed by atoms with van der Waals surface area (Å²) in [4.78, 5) is 12.1. The Bertz CT molecular complexity index is 717. The van der Waals surface area contributed by atoms with Crippen LogP contribution >= 0.6 is 47.2 Å². The Morgan fingerprint density at radius 3 is 2.40 bits per heavy atom. The molecule has 6 nitrogen and oxygen atoms in total. The first kappa shape index (κ1) is 24.3. The van der Waals surface area contributed by atoms with E-state index in [1.165, 1.54) is 38.3 Å². The van der Waals surface area contributed by atoms with Gasteiger partial charge in [-0.2, -0.15) is 0 Å². The topological polar surface area (TPSA) is 46.1 Å². The number of benzene rings is 1. The zero-order valence-corrected chi connectivity index (χ0v) is 21.5. The van der Waals surface area contributed by atoms with E-state index in [9.17, 15) is 0 Å². The monoisotopic (exact) mass is 566 g/mol. The van der Waals surface area contributed by atoms with Crippen molar-refractivity contribution in [2.45, 2.75) is 31.5 Å². The molecule has 30 heavy (non-hydrogen) atoms. The van der Waals surface area contributed by atoms with Gasteiger partial charge in [-0.3, -0.25) is 19.7 Å². The van der Waals surface area contributed by atoms with Crippen LogP contribution in [-0.2, 0) is 6.54 Å². The molecule has 168 valence electrons. The Morgan fingerprint density at radius 1 is 1.07 bits per heavy atom. The number of aliphatic imine (C=N–C) groups is 1. The summed E-state index contributed by atoms with van der Waals surface area (Å²) >= 11 is 12.2. The van der Waals surface area contributed by atoms with Crippen molar-refractivity contribution in [2.24, 2.45) is 4.99 Å². The number of piperazine rings is 3. The number of nitrogens with one attached hydrogen (secondary N) is 2. The number of piperidine rings is 1. The molecule has 0 spiro atoms. The average molecular weight is 567 g/mol. The number of guanidine groups is 1. The molecule has 1 atom stereocenters. The highest BCUT2D eigenvalue weighted by molar-refractivity contribution is 14.0. The van der Waals surface area contributed by atoms with Crippen LogP contribution in [0.25, 0.3) is 0 Å². The van der Waals surface area contributed by atoms with Crippen molar-refractivity contribution in [3.63, 3.8) is 0 Å². The van der Waals surface area contributed by atoms with Crippen molar-refractivity contribution in [3.05, 3.63) is 33.8 Å². The second-order valence-corrected chi connectivity index (χ2v) is 9.20. The molecule has 9 heteroatoms. The second-order valence-electron chi connectivity index (χ2n) is 8.39. The van der Waals surface area contributed by atoms with Crippen molar-refractivity contribution < 1.29 is 0 Å². The highest BCUT2D eigenvalue weighted by Crippen LogP contribution is 2.24. The molecule has 0 saturated carbocycles. The zero-order valence-electron chi connectivity index (χ0n) is 17.6. The summed E-state index contributed by atoms with van der Waals surface area (Å²) < 4.78 is 0. The number of likely N-dealkylation sites (tertiary alicyclic amines) is 1. The number of halogens is 3. The zero-order chi connectivity index (χ0) is 20.2. The van der Waals surface area contributed by atoms with E-state index < -0.39 is 0 Å². The van der Waals surface area contributed by atoms with Crippen LogP contribution in [0.5, 0.6) is 0 Å². The van der Waals surface area contributed by atoms with E-state index in [1.54, 1.807) is 0 Å². The van der Waals surface area contributed by atoms with Crippen molar-refractivity contribution in [3.8, 4) is 0 Å². The largest absolute Gasteiger partial charge is 0.355 e. The molecule has 0 radical (unpaired) electrons. The predicted octanol–water partition coefficient (Wildman–Crippen LogP) is 2.74. The number of fused-ring (bicyclic) bond motifs is 3. The molecule has 2 N–H and O–H groups in total. The minimum atomic E-state index is 0. The van der Waals surface area contributed by atoms with Gasteiger partial charge in [0.1, 0.15) is 0 Å². The van der Waals surface area contributed by atoms with Gasteiger partial charge in [0.25, 0.3) is 0 Å². The summed E-state index contributed by atoms with van der Waals surface area (Å²) in [7, 11) is 1.87. The molecule has 4 heterocycles.